The fourth-order valence-electron chi connectivity index (χ4n) is 2.78. The fourth-order valence-corrected chi connectivity index (χ4v) is 3.90. The Morgan fingerprint density at radius 2 is 1.84 bits per heavy atom. The van der Waals surface area contributed by atoms with Crippen LogP contribution in [0.3, 0.4) is 0 Å². The Labute approximate surface area is 149 Å². The highest BCUT2D eigenvalue weighted by Crippen LogP contribution is 2.24. The van der Waals surface area contributed by atoms with Gasteiger partial charge in [0, 0.05) is 6.54 Å². The number of amides is 4. The molecule has 2 aromatic rings. The summed E-state index contributed by atoms with van der Waals surface area (Å²) in [5.74, 6) is -1.47. The number of carbonyl (C=O) groups excluding carboxylic acids is 3. The molecule has 8 heteroatoms. The fraction of sp³-hybridized carbons (Fsp3) is 0.412. The van der Waals surface area contributed by atoms with Crippen LogP contribution in [0, 0.1) is 0 Å². The van der Waals surface area contributed by atoms with Gasteiger partial charge < -0.3 is 4.90 Å². The minimum Gasteiger partial charge on any atom is -0.312 e. The Kier molecular flexibility index (Phi) is 4.82. The van der Waals surface area contributed by atoms with Crippen molar-refractivity contribution in [1.29, 1.82) is 0 Å². The molecule has 1 aromatic heterocycles. The SMILES string of the molecule is CCCN1C(=O)C(=O)N(C[NH+](C)[C@@H](C)c2nc3ccccc3s2)C1=O. The van der Waals surface area contributed by atoms with Crippen molar-refractivity contribution in [2.24, 2.45) is 0 Å². The van der Waals surface area contributed by atoms with Gasteiger partial charge in [-0.05, 0) is 25.5 Å². The highest BCUT2D eigenvalue weighted by molar-refractivity contribution is 7.18. The number of imide groups is 2. The predicted octanol–water partition coefficient (Wildman–Crippen LogP) is 1.03. The lowest BCUT2D eigenvalue weighted by atomic mass is 10.3. The molecular formula is C17H21N4O3S+. The van der Waals surface area contributed by atoms with E-state index in [0.29, 0.717) is 6.42 Å². The zero-order chi connectivity index (χ0) is 18.1. The van der Waals surface area contributed by atoms with E-state index in [9.17, 15) is 14.4 Å². The zero-order valence-electron chi connectivity index (χ0n) is 14.5. The number of urea groups is 1. The van der Waals surface area contributed by atoms with E-state index in [-0.39, 0.29) is 19.3 Å². The minimum atomic E-state index is -0.741. The molecular weight excluding hydrogens is 340 g/mol. The maximum Gasteiger partial charge on any atom is 0.338 e. The van der Waals surface area contributed by atoms with Gasteiger partial charge in [-0.1, -0.05) is 19.1 Å². The monoisotopic (exact) mass is 361 g/mol. The number of nitrogens with zero attached hydrogens (tertiary/aromatic N) is 3. The summed E-state index contributed by atoms with van der Waals surface area (Å²) >= 11 is 1.60. The highest BCUT2D eigenvalue weighted by Gasteiger charge is 2.45. The van der Waals surface area contributed by atoms with Gasteiger partial charge in [0.1, 0.15) is 6.04 Å². The second-order valence-corrected chi connectivity index (χ2v) is 7.28. The van der Waals surface area contributed by atoms with Gasteiger partial charge in [-0.3, -0.25) is 14.5 Å². The van der Waals surface area contributed by atoms with Crippen molar-refractivity contribution in [2.45, 2.75) is 26.3 Å². The van der Waals surface area contributed by atoms with Crippen LogP contribution in [0.1, 0.15) is 31.3 Å². The van der Waals surface area contributed by atoms with Gasteiger partial charge in [-0.2, -0.15) is 0 Å². The van der Waals surface area contributed by atoms with Gasteiger partial charge in [0.05, 0.1) is 17.3 Å². The Bertz CT molecular complexity index is 801. The number of nitrogens with one attached hydrogen (secondary N) is 1. The Morgan fingerprint density at radius 1 is 1.16 bits per heavy atom. The van der Waals surface area contributed by atoms with Crippen LogP contribution < -0.4 is 4.90 Å². The first-order valence-corrected chi connectivity index (χ1v) is 9.10. The van der Waals surface area contributed by atoms with Crippen LogP contribution in [-0.2, 0) is 9.59 Å². The quantitative estimate of drug-likeness (QED) is 0.616. The molecule has 0 bridgehead atoms. The molecule has 3 rings (SSSR count). The first kappa shape index (κ1) is 17.5. The van der Waals surface area contributed by atoms with Gasteiger partial charge in [-0.25, -0.2) is 14.7 Å². The number of rotatable bonds is 6. The van der Waals surface area contributed by atoms with E-state index < -0.39 is 17.8 Å². The lowest BCUT2D eigenvalue weighted by Crippen LogP contribution is -3.10. The molecule has 1 aliphatic heterocycles. The zero-order valence-corrected chi connectivity index (χ0v) is 15.3. The van der Waals surface area contributed by atoms with Crippen LogP contribution in [0.4, 0.5) is 4.79 Å². The Hall–Kier alpha value is -2.32. The van der Waals surface area contributed by atoms with Gasteiger partial charge >= 0.3 is 17.8 Å². The molecule has 1 unspecified atom stereocenters. The van der Waals surface area contributed by atoms with Crippen molar-refractivity contribution < 1.29 is 19.3 Å². The first-order chi connectivity index (χ1) is 11.9. The van der Waals surface area contributed by atoms with Crippen LogP contribution in [0.5, 0.6) is 0 Å². The van der Waals surface area contributed by atoms with Crippen LogP contribution >= 0.6 is 11.3 Å². The number of fused-ring (bicyclic) bond motifs is 1. The second kappa shape index (κ2) is 6.89. The smallest absolute Gasteiger partial charge is 0.312 e. The first-order valence-electron chi connectivity index (χ1n) is 8.29. The van der Waals surface area contributed by atoms with Gasteiger partial charge in [0.15, 0.2) is 11.7 Å². The summed E-state index contributed by atoms with van der Waals surface area (Å²) in [5.41, 5.74) is 0.944. The summed E-state index contributed by atoms with van der Waals surface area (Å²) in [6.07, 6.45) is 0.628. The third kappa shape index (κ3) is 3.14. The van der Waals surface area contributed by atoms with Crippen molar-refractivity contribution in [3.8, 4) is 0 Å². The average Bonchev–Trinajstić information content (AvgIpc) is 3.12. The molecule has 1 aromatic carbocycles. The van der Waals surface area contributed by atoms with E-state index in [1.165, 1.54) is 0 Å². The summed E-state index contributed by atoms with van der Waals surface area (Å²) < 4.78 is 1.11. The maximum atomic E-state index is 12.3. The Morgan fingerprint density at radius 3 is 2.52 bits per heavy atom. The van der Waals surface area contributed by atoms with Gasteiger partial charge in [0.2, 0.25) is 0 Å². The lowest BCUT2D eigenvalue weighted by Gasteiger charge is -2.23. The molecule has 1 fully saturated rings. The number of benzene rings is 1. The van der Waals surface area contributed by atoms with Crippen molar-refractivity contribution in [3.05, 3.63) is 29.3 Å². The molecule has 4 amide bonds. The lowest BCUT2D eigenvalue weighted by molar-refractivity contribution is -0.917. The van der Waals surface area contributed by atoms with Crippen molar-refractivity contribution in [1.82, 2.24) is 14.8 Å². The number of hydrogen-bond acceptors (Lipinski definition) is 5. The van der Waals surface area contributed by atoms with E-state index in [1.54, 1.807) is 11.3 Å². The number of quaternary nitrogens is 1. The standard InChI is InChI=1S/C17H20N4O3S/c1-4-9-20-15(22)16(23)21(17(20)24)10-19(3)11(2)14-18-12-7-5-6-8-13(12)25-14/h5-8,11H,4,9-10H2,1-3H3/p+1/t11-/m0/s1. The van der Waals surface area contributed by atoms with Crippen molar-refractivity contribution in [2.75, 3.05) is 20.3 Å². The summed E-state index contributed by atoms with van der Waals surface area (Å²) in [5, 5.41) is 0.939. The molecule has 0 radical (unpaired) electrons. The average molecular weight is 361 g/mol. The van der Waals surface area contributed by atoms with Crippen molar-refractivity contribution >= 4 is 39.4 Å². The molecule has 1 aliphatic rings. The third-order valence-electron chi connectivity index (χ3n) is 4.41. The number of aromatic nitrogens is 1. The topological polar surface area (TPSA) is 75.0 Å². The summed E-state index contributed by atoms with van der Waals surface area (Å²) in [6.45, 7) is 4.27. The number of hydrogen-bond donors (Lipinski definition) is 1. The molecule has 7 nitrogen and oxygen atoms in total. The molecule has 0 saturated carbocycles. The maximum absolute atomic E-state index is 12.3. The predicted molar refractivity (Wildman–Crippen MR) is 94.0 cm³/mol. The largest absolute Gasteiger partial charge is 0.338 e. The van der Waals surface area contributed by atoms with E-state index in [0.717, 1.165) is 29.9 Å². The molecule has 0 spiro atoms. The molecule has 2 heterocycles. The van der Waals surface area contributed by atoms with E-state index >= 15 is 0 Å². The van der Waals surface area contributed by atoms with Crippen LogP contribution in [0.25, 0.3) is 10.2 Å². The van der Waals surface area contributed by atoms with E-state index in [1.807, 2.05) is 45.2 Å². The van der Waals surface area contributed by atoms with Crippen LogP contribution in [-0.4, -0.2) is 52.9 Å². The Balaban J connectivity index is 1.74. The van der Waals surface area contributed by atoms with Gasteiger partial charge in [-0.15, -0.1) is 11.3 Å². The number of carbonyl (C=O) groups is 3. The van der Waals surface area contributed by atoms with Crippen LogP contribution in [0.15, 0.2) is 24.3 Å². The minimum absolute atomic E-state index is 0.00618. The molecule has 0 aliphatic carbocycles. The van der Waals surface area contributed by atoms with E-state index in [2.05, 4.69) is 4.98 Å². The second-order valence-electron chi connectivity index (χ2n) is 6.22. The molecule has 1 saturated heterocycles. The normalized spacial score (nSPS) is 17.6. The molecule has 1 N–H and O–H groups in total. The summed E-state index contributed by atoms with van der Waals surface area (Å²) in [6, 6.07) is 7.38. The summed E-state index contributed by atoms with van der Waals surface area (Å²) in [7, 11) is 1.89. The number of para-hydroxylation sites is 1. The third-order valence-corrected chi connectivity index (χ3v) is 5.63. The number of thiazole rings is 1. The molecule has 132 valence electrons. The summed E-state index contributed by atoms with van der Waals surface area (Å²) in [4.78, 5) is 44.0. The molecule has 2 atom stereocenters. The van der Waals surface area contributed by atoms with E-state index in [4.69, 9.17) is 0 Å². The highest BCUT2D eigenvalue weighted by atomic mass is 32.1. The van der Waals surface area contributed by atoms with Crippen LogP contribution in [0.2, 0.25) is 0 Å². The molecule has 25 heavy (non-hydrogen) atoms. The van der Waals surface area contributed by atoms with Gasteiger partial charge in [0.25, 0.3) is 0 Å². The van der Waals surface area contributed by atoms with Crippen molar-refractivity contribution in [3.63, 3.8) is 0 Å².